The van der Waals surface area contributed by atoms with Gasteiger partial charge in [-0.2, -0.15) is 0 Å². The van der Waals surface area contributed by atoms with E-state index in [1.807, 2.05) is 32.9 Å². The Labute approximate surface area is 144 Å². The van der Waals surface area contributed by atoms with Gasteiger partial charge in [0.25, 0.3) is 5.91 Å². The highest BCUT2D eigenvalue weighted by Crippen LogP contribution is 2.27. The van der Waals surface area contributed by atoms with Gasteiger partial charge in [-0.05, 0) is 43.9 Å². The van der Waals surface area contributed by atoms with E-state index >= 15 is 0 Å². The van der Waals surface area contributed by atoms with Gasteiger partial charge in [0, 0.05) is 36.9 Å². The Balaban J connectivity index is 2.28. The van der Waals surface area contributed by atoms with Crippen molar-refractivity contribution in [1.29, 1.82) is 0 Å². The van der Waals surface area contributed by atoms with Crippen LogP contribution in [0.15, 0.2) is 18.2 Å². The van der Waals surface area contributed by atoms with Gasteiger partial charge in [-0.15, -0.1) is 0 Å². The minimum absolute atomic E-state index is 0.0411. The molecule has 0 spiro atoms. The summed E-state index contributed by atoms with van der Waals surface area (Å²) in [6, 6.07) is 5.65. The number of nitrogens with zero attached hydrogens (tertiary/aromatic N) is 1. The number of benzene rings is 1. The molecule has 0 aliphatic carbocycles. The molecular formula is C19H29N3O2. The molecule has 1 aliphatic rings. The molecule has 1 aliphatic heterocycles. The molecule has 2 amide bonds. The predicted octanol–water partition coefficient (Wildman–Crippen LogP) is 3.41. The lowest BCUT2D eigenvalue weighted by molar-refractivity contribution is -0.118. The Morgan fingerprint density at radius 3 is 2.50 bits per heavy atom. The zero-order chi connectivity index (χ0) is 17.5. The summed E-state index contributed by atoms with van der Waals surface area (Å²) in [4.78, 5) is 26.8. The zero-order valence-corrected chi connectivity index (χ0v) is 15.0. The van der Waals surface area contributed by atoms with E-state index in [1.54, 1.807) is 6.07 Å². The molecule has 24 heavy (non-hydrogen) atoms. The van der Waals surface area contributed by atoms with Crippen LogP contribution in [0.4, 0.5) is 11.4 Å². The number of piperidine rings is 1. The van der Waals surface area contributed by atoms with Crippen LogP contribution in [0, 0.1) is 5.92 Å². The lowest BCUT2D eigenvalue weighted by Gasteiger charge is -2.30. The number of hydrogen-bond donors (Lipinski definition) is 2. The van der Waals surface area contributed by atoms with Crippen molar-refractivity contribution in [2.75, 3.05) is 29.9 Å². The average molecular weight is 331 g/mol. The molecule has 0 unspecified atom stereocenters. The van der Waals surface area contributed by atoms with Crippen molar-refractivity contribution in [3.05, 3.63) is 23.8 Å². The van der Waals surface area contributed by atoms with Gasteiger partial charge < -0.3 is 15.5 Å². The minimum atomic E-state index is -0.0934. The van der Waals surface area contributed by atoms with Gasteiger partial charge in [0.1, 0.15) is 0 Å². The maximum atomic E-state index is 12.6. The van der Waals surface area contributed by atoms with E-state index in [0.29, 0.717) is 17.8 Å². The van der Waals surface area contributed by atoms with Crippen molar-refractivity contribution in [3.8, 4) is 0 Å². The summed E-state index contributed by atoms with van der Waals surface area (Å²) in [5.74, 6) is -0.206. The summed E-state index contributed by atoms with van der Waals surface area (Å²) in [7, 11) is 0. The molecule has 0 aromatic heterocycles. The third-order valence-electron chi connectivity index (χ3n) is 4.27. The van der Waals surface area contributed by atoms with Gasteiger partial charge in [-0.3, -0.25) is 9.59 Å². The number of rotatable bonds is 6. The Morgan fingerprint density at radius 1 is 1.17 bits per heavy atom. The van der Waals surface area contributed by atoms with Gasteiger partial charge in [-0.1, -0.05) is 20.8 Å². The number of carbonyl (C=O) groups excluding carboxylic acids is 2. The number of carbonyl (C=O) groups is 2. The number of anilines is 2. The molecule has 0 atom stereocenters. The van der Waals surface area contributed by atoms with Crippen molar-refractivity contribution in [2.24, 2.45) is 5.92 Å². The molecular weight excluding hydrogens is 302 g/mol. The van der Waals surface area contributed by atoms with Gasteiger partial charge in [0.2, 0.25) is 5.91 Å². The summed E-state index contributed by atoms with van der Waals surface area (Å²) >= 11 is 0. The van der Waals surface area contributed by atoms with Crippen LogP contribution in [0.5, 0.6) is 0 Å². The number of hydrogen-bond acceptors (Lipinski definition) is 3. The maximum Gasteiger partial charge on any atom is 0.253 e. The lowest BCUT2D eigenvalue weighted by atomic mass is 10.1. The molecule has 5 nitrogen and oxygen atoms in total. The van der Waals surface area contributed by atoms with Crippen LogP contribution in [0.1, 0.15) is 56.8 Å². The van der Waals surface area contributed by atoms with Crippen molar-refractivity contribution >= 4 is 23.2 Å². The van der Waals surface area contributed by atoms with Gasteiger partial charge in [0.15, 0.2) is 0 Å². The van der Waals surface area contributed by atoms with E-state index in [1.165, 1.54) is 6.42 Å². The Bertz CT molecular complexity index is 578. The first-order chi connectivity index (χ1) is 11.5. The summed E-state index contributed by atoms with van der Waals surface area (Å²) < 4.78 is 0. The normalized spacial score (nSPS) is 14.6. The quantitative estimate of drug-likeness (QED) is 0.840. The summed E-state index contributed by atoms with van der Waals surface area (Å²) in [5, 5.41) is 5.84. The van der Waals surface area contributed by atoms with E-state index in [0.717, 1.165) is 38.0 Å². The zero-order valence-electron chi connectivity index (χ0n) is 15.0. The van der Waals surface area contributed by atoms with Crippen LogP contribution >= 0.6 is 0 Å². The lowest BCUT2D eigenvalue weighted by Crippen LogP contribution is -2.33. The highest BCUT2D eigenvalue weighted by Gasteiger charge is 2.19. The van der Waals surface area contributed by atoms with E-state index in [-0.39, 0.29) is 17.7 Å². The second-order valence-electron chi connectivity index (χ2n) is 6.68. The molecule has 1 aromatic rings. The highest BCUT2D eigenvalue weighted by molar-refractivity contribution is 6.02. The average Bonchev–Trinajstić information content (AvgIpc) is 2.60. The third kappa shape index (κ3) is 4.73. The van der Waals surface area contributed by atoms with Crippen LogP contribution in [0.2, 0.25) is 0 Å². The Morgan fingerprint density at radius 2 is 1.88 bits per heavy atom. The van der Waals surface area contributed by atoms with Crippen molar-refractivity contribution < 1.29 is 9.59 Å². The van der Waals surface area contributed by atoms with Gasteiger partial charge >= 0.3 is 0 Å². The smallest absolute Gasteiger partial charge is 0.253 e. The first-order valence-corrected chi connectivity index (χ1v) is 9.01. The second-order valence-corrected chi connectivity index (χ2v) is 6.68. The molecule has 132 valence electrons. The monoisotopic (exact) mass is 331 g/mol. The fraction of sp³-hybridized carbons (Fsp3) is 0.579. The first kappa shape index (κ1) is 18.3. The minimum Gasteiger partial charge on any atom is -0.371 e. The fourth-order valence-corrected chi connectivity index (χ4v) is 2.83. The molecule has 1 heterocycles. The molecule has 2 rings (SSSR count). The third-order valence-corrected chi connectivity index (χ3v) is 4.27. The second kappa shape index (κ2) is 8.71. The van der Waals surface area contributed by atoms with Gasteiger partial charge in [0.05, 0.1) is 5.56 Å². The van der Waals surface area contributed by atoms with Gasteiger partial charge in [-0.25, -0.2) is 0 Å². The Kier molecular flexibility index (Phi) is 6.64. The van der Waals surface area contributed by atoms with Crippen molar-refractivity contribution in [2.45, 2.75) is 46.5 Å². The van der Waals surface area contributed by atoms with Crippen molar-refractivity contribution in [3.63, 3.8) is 0 Å². The van der Waals surface area contributed by atoms with E-state index in [9.17, 15) is 9.59 Å². The fourth-order valence-electron chi connectivity index (χ4n) is 2.83. The number of nitrogens with one attached hydrogen (secondary N) is 2. The van der Waals surface area contributed by atoms with Crippen LogP contribution in [-0.4, -0.2) is 31.4 Å². The van der Waals surface area contributed by atoms with Crippen molar-refractivity contribution in [1.82, 2.24) is 5.32 Å². The van der Waals surface area contributed by atoms with E-state index in [2.05, 4.69) is 15.5 Å². The van der Waals surface area contributed by atoms with E-state index < -0.39 is 0 Å². The molecule has 0 radical (unpaired) electrons. The number of amides is 2. The summed E-state index contributed by atoms with van der Waals surface area (Å²) in [6.45, 7) is 8.35. The molecule has 1 aromatic carbocycles. The SMILES string of the molecule is CCCNC(=O)c1cc(NC(=O)C(C)C)ccc1N1CCCCC1. The molecule has 1 saturated heterocycles. The van der Waals surface area contributed by atoms with Crippen LogP contribution in [0.25, 0.3) is 0 Å². The van der Waals surface area contributed by atoms with Crippen LogP contribution < -0.4 is 15.5 Å². The molecule has 0 saturated carbocycles. The molecule has 5 heteroatoms. The van der Waals surface area contributed by atoms with E-state index in [4.69, 9.17) is 0 Å². The molecule has 1 fully saturated rings. The van der Waals surface area contributed by atoms with Crippen LogP contribution in [0.3, 0.4) is 0 Å². The summed E-state index contributed by atoms with van der Waals surface area (Å²) in [5.41, 5.74) is 2.29. The maximum absolute atomic E-state index is 12.6. The largest absolute Gasteiger partial charge is 0.371 e. The first-order valence-electron chi connectivity index (χ1n) is 9.01. The topological polar surface area (TPSA) is 61.4 Å². The highest BCUT2D eigenvalue weighted by atomic mass is 16.2. The van der Waals surface area contributed by atoms with Crippen LogP contribution in [-0.2, 0) is 4.79 Å². The Hall–Kier alpha value is -2.04. The standard InChI is InChI=1S/C19H29N3O2/c1-4-10-20-19(24)16-13-15(21-18(23)14(2)3)8-9-17(16)22-11-6-5-7-12-22/h8-9,13-14H,4-7,10-12H2,1-3H3,(H,20,24)(H,21,23). The summed E-state index contributed by atoms with van der Waals surface area (Å²) in [6.07, 6.45) is 4.45. The molecule has 2 N–H and O–H groups in total. The predicted molar refractivity (Wildman–Crippen MR) is 98.6 cm³/mol. The molecule has 0 bridgehead atoms.